The predicted molar refractivity (Wildman–Crippen MR) is 68.1 cm³/mol. The molecule has 0 heterocycles. The second kappa shape index (κ2) is 7.29. The SMILES string of the molecule is COCCCOc1c(OC)ccc(C=O)c1Br. The largest absolute Gasteiger partial charge is 0.493 e. The van der Waals surface area contributed by atoms with Gasteiger partial charge in [0, 0.05) is 25.7 Å². The third-order valence-corrected chi connectivity index (χ3v) is 2.99. The maximum absolute atomic E-state index is 10.8. The van der Waals surface area contributed by atoms with E-state index in [1.807, 2.05) is 0 Å². The number of ether oxygens (including phenoxy) is 3. The van der Waals surface area contributed by atoms with Gasteiger partial charge in [-0.05, 0) is 28.1 Å². The lowest BCUT2D eigenvalue weighted by molar-refractivity contribution is 0.112. The first kappa shape index (κ1) is 14.0. The molecule has 0 aliphatic carbocycles. The van der Waals surface area contributed by atoms with E-state index in [-0.39, 0.29) is 0 Å². The van der Waals surface area contributed by atoms with Gasteiger partial charge in [-0.1, -0.05) is 0 Å². The lowest BCUT2D eigenvalue weighted by Gasteiger charge is -2.13. The zero-order valence-corrected chi connectivity index (χ0v) is 11.5. The van der Waals surface area contributed by atoms with E-state index in [9.17, 15) is 4.79 Å². The number of carbonyl (C=O) groups is 1. The van der Waals surface area contributed by atoms with Crippen LogP contribution in [-0.4, -0.2) is 33.7 Å². The molecule has 0 aromatic heterocycles. The Hall–Kier alpha value is -1.07. The molecule has 0 radical (unpaired) electrons. The second-order valence-corrected chi connectivity index (χ2v) is 4.11. The van der Waals surface area contributed by atoms with Crippen molar-refractivity contribution in [3.63, 3.8) is 0 Å². The number of methoxy groups -OCH3 is 2. The highest BCUT2D eigenvalue weighted by Crippen LogP contribution is 2.37. The molecular formula is C12H15BrO4. The predicted octanol–water partition coefficient (Wildman–Crippen LogP) is 2.69. The van der Waals surface area contributed by atoms with E-state index < -0.39 is 0 Å². The maximum atomic E-state index is 10.8. The first-order valence-corrected chi connectivity index (χ1v) is 5.97. The van der Waals surface area contributed by atoms with E-state index >= 15 is 0 Å². The molecule has 0 bridgehead atoms. The van der Waals surface area contributed by atoms with Crippen LogP contribution < -0.4 is 9.47 Å². The molecule has 0 saturated carbocycles. The van der Waals surface area contributed by atoms with Gasteiger partial charge in [0.2, 0.25) is 0 Å². The van der Waals surface area contributed by atoms with Crippen molar-refractivity contribution in [3.05, 3.63) is 22.2 Å². The molecular weight excluding hydrogens is 288 g/mol. The third kappa shape index (κ3) is 3.71. The van der Waals surface area contributed by atoms with Crippen LogP contribution in [0.4, 0.5) is 0 Å². The number of halogens is 1. The van der Waals surface area contributed by atoms with E-state index in [1.54, 1.807) is 26.4 Å². The van der Waals surface area contributed by atoms with Crippen LogP contribution in [0.5, 0.6) is 11.5 Å². The van der Waals surface area contributed by atoms with Crippen LogP contribution in [0.15, 0.2) is 16.6 Å². The zero-order chi connectivity index (χ0) is 12.7. The van der Waals surface area contributed by atoms with Crippen molar-refractivity contribution in [1.29, 1.82) is 0 Å². The van der Waals surface area contributed by atoms with Crippen LogP contribution in [-0.2, 0) is 4.74 Å². The zero-order valence-electron chi connectivity index (χ0n) is 9.86. The molecule has 1 aromatic carbocycles. The Labute approximate surface area is 109 Å². The Morgan fingerprint density at radius 2 is 2.06 bits per heavy atom. The van der Waals surface area contributed by atoms with Crippen molar-refractivity contribution in [2.45, 2.75) is 6.42 Å². The molecule has 0 amide bonds. The molecule has 0 aliphatic rings. The fourth-order valence-electron chi connectivity index (χ4n) is 1.32. The Kier molecular flexibility index (Phi) is 6.00. The van der Waals surface area contributed by atoms with Crippen LogP contribution in [0.3, 0.4) is 0 Å². The topological polar surface area (TPSA) is 44.8 Å². The highest BCUT2D eigenvalue weighted by molar-refractivity contribution is 9.10. The van der Waals surface area contributed by atoms with Gasteiger partial charge in [0.15, 0.2) is 17.8 Å². The summed E-state index contributed by atoms with van der Waals surface area (Å²) in [6, 6.07) is 3.39. The average molecular weight is 303 g/mol. The third-order valence-electron chi connectivity index (χ3n) is 2.18. The normalized spacial score (nSPS) is 10.1. The van der Waals surface area contributed by atoms with E-state index in [0.29, 0.717) is 34.7 Å². The number of carbonyl (C=O) groups excluding carboxylic acids is 1. The van der Waals surface area contributed by atoms with Crippen LogP contribution in [0.1, 0.15) is 16.8 Å². The van der Waals surface area contributed by atoms with Crippen LogP contribution >= 0.6 is 15.9 Å². The van der Waals surface area contributed by atoms with Gasteiger partial charge in [0.25, 0.3) is 0 Å². The molecule has 17 heavy (non-hydrogen) atoms. The first-order chi connectivity index (χ1) is 8.24. The quantitative estimate of drug-likeness (QED) is 0.574. The van der Waals surface area contributed by atoms with Gasteiger partial charge in [0.05, 0.1) is 18.2 Å². The number of hydrogen-bond donors (Lipinski definition) is 0. The lowest BCUT2D eigenvalue weighted by atomic mass is 10.2. The van der Waals surface area contributed by atoms with Crippen molar-refractivity contribution in [1.82, 2.24) is 0 Å². The molecule has 5 heteroatoms. The standard InChI is InChI=1S/C12H15BrO4/c1-15-6-3-7-17-12-10(16-2)5-4-9(8-14)11(12)13/h4-5,8H,3,6-7H2,1-2H3. The molecule has 4 nitrogen and oxygen atoms in total. The maximum Gasteiger partial charge on any atom is 0.176 e. The van der Waals surface area contributed by atoms with E-state index in [0.717, 1.165) is 12.7 Å². The van der Waals surface area contributed by atoms with Gasteiger partial charge < -0.3 is 14.2 Å². The van der Waals surface area contributed by atoms with Crippen LogP contribution in [0.25, 0.3) is 0 Å². The summed E-state index contributed by atoms with van der Waals surface area (Å²) in [5, 5.41) is 0. The Morgan fingerprint density at radius 3 is 2.65 bits per heavy atom. The van der Waals surface area contributed by atoms with Gasteiger partial charge in [-0.2, -0.15) is 0 Å². The highest BCUT2D eigenvalue weighted by atomic mass is 79.9. The van der Waals surface area contributed by atoms with Crippen molar-refractivity contribution >= 4 is 22.2 Å². The Morgan fingerprint density at radius 1 is 1.29 bits per heavy atom. The molecule has 1 rings (SSSR count). The number of aldehydes is 1. The average Bonchev–Trinajstić information content (AvgIpc) is 2.36. The first-order valence-electron chi connectivity index (χ1n) is 5.18. The van der Waals surface area contributed by atoms with E-state index in [1.165, 1.54) is 0 Å². The molecule has 0 unspecified atom stereocenters. The summed E-state index contributed by atoms with van der Waals surface area (Å²) in [6.45, 7) is 1.14. The Balaban J connectivity index is 2.82. The van der Waals surface area contributed by atoms with Crippen molar-refractivity contribution in [3.8, 4) is 11.5 Å². The summed E-state index contributed by atoms with van der Waals surface area (Å²) >= 11 is 3.33. The minimum atomic E-state index is 0.505. The minimum absolute atomic E-state index is 0.505. The summed E-state index contributed by atoms with van der Waals surface area (Å²) in [5.41, 5.74) is 0.535. The van der Waals surface area contributed by atoms with Gasteiger partial charge in [-0.3, -0.25) is 4.79 Å². The number of rotatable bonds is 7. The summed E-state index contributed by atoms with van der Waals surface area (Å²) in [4.78, 5) is 10.8. The molecule has 0 N–H and O–H groups in total. The van der Waals surface area contributed by atoms with Gasteiger partial charge in [0.1, 0.15) is 0 Å². The van der Waals surface area contributed by atoms with Crippen LogP contribution in [0, 0.1) is 0 Å². The second-order valence-electron chi connectivity index (χ2n) is 3.31. The fourth-order valence-corrected chi connectivity index (χ4v) is 1.85. The highest BCUT2D eigenvalue weighted by Gasteiger charge is 2.12. The van der Waals surface area contributed by atoms with E-state index in [4.69, 9.17) is 14.2 Å². The summed E-state index contributed by atoms with van der Waals surface area (Å²) in [7, 11) is 3.20. The van der Waals surface area contributed by atoms with Gasteiger partial charge in [-0.25, -0.2) is 0 Å². The van der Waals surface area contributed by atoms with Gasteiger partial charge in [-0.15, -0.1) is 0 Å². The molecule has 0 aliphatic heterocycles. The van der Waals surface area contributed by atoms with Crippen molar-refractivity contribution in [2.24, 2.45) is 0 Å². The van der Waals surface area contributed by atoms with Crippen molar-refractivity contribution < 1.29 is 19.0 Å². The molecule has 0 atom stereocenters. The fraction of sp³-hybridized carbons (Fsp3) is 0.417. The van der Waals surface area contributed by atoms with Crippen molar-refractivity contribution in [2.75, 3.05) is 27.4 Å². The molecule has 0 fully saturated rings. The summed E-state index contributed by atoms with van der Waals surface area (Å²) < 4.78 is 16.3. The number of benzene rings is 1. The lowest BCUT2D eigenvalue weighted by Crippen LogP contribution is -2.04. The smallest absolute Gasteiger partial charge is 0.176 e. The van der Waals surface area contributed by atoms with Crippen LogP contribution in [0.2, 0.25) is 0 Å². The number of hydrogen-bond acceptors (Lipinski definition) is 4. The molecule has 0 spiro atoms. The van der Waals surface area contributed by atoms with E-state index in [2.05, 4.69) is 15.9 Å². The Bertz CT molecular complexity index is 379. The minimum Gasteiger partial charge on any atom is -0.493 e. The molecule has 1 aromatic rings. The molecule has 0 saturated heterocycles. The summed E-state index contributed by atoms with van der Waals surface area (Å²) in [6.07, 6.45) is 1.54. The summed E-state index contributed by atoms with van der Waals surface area (Å²) in [5.74, 6) is 1.15. The molecule has 94 valence electrons. The monoisotopic (exact) mass is 302 g/mol. The van der Waals surface area contributed by atoms with Gasteiger partial charge >= 0.3 is 0 Å².